The van der Waals surface area contributed by atoms with Crippen LogP contribution in [-0.2, 0) is 0 Å². The van der Waals surface area contributed by atoms with Gasteiger partial charge in [-0.15, -0.1) is 0 Å². The molecule has 0 aliphatic heterocycles. The molecule has 0 atom stereocenters. The van der Waals surface area contributed by atoms with E-state index in [9.17, 15) is 0 Å². The molecule has 0 radical (unpaired) electrons. The van der Waals surface area contributed by atoms with Crippen LogP contribution in [0.25, 0.3) is 0 Å². The highest BCUT2D eigenvalue weighted by Gasteiger charge is 1.90. The van der Waals surface area contributed by atoms with Gasteiger partial charge in [0.15, 0.2) is 0 Å². The van der Waals surface area contributed by atoms with Crippen LogP contribution >= 0.6 is 0 Å². The van der Waals surface area contributed by atoms with E-state index in [4.69, 9.17) is 4.74 Å². The van der Waals surface area contributed by atoms with Gasteiger partial charge in [0, 0.05) is 0 Å². The first-order chi connectivity index (χ1) is 8.83. The van der Waals surface area contributed by atoms with E-state index < -0.39 is 0 Å². The summed E-state index contributed by atoms with van der Waals surface area (Å²) in [6.07, 6.45) is 7.38. The smallest absolute Gasteiger partial charge is 0.126 e. The minimum absolute atomic E-state index is 0.855. The number of hydrogen-bond acceptors (Lipinski definition) is 1. The summed E-state index contributed by atoms with van der Waals surface area (Å²) in [4.78, 5) is 0. The largest absolute Gasteiger partial charge is 0.462 e. The maximum atomic E-state index is 5.54. The quantitative estimate of drug-likeness (QED) is 0.484. The Hall–Kier alpha value is -1.76. The van der Waals surface area contributed by atoms with Crippen molar-refractivity contribution < 1.29 is 4.74 Å². The number of para-hydroxylation sites is 1. The van der Waals surface area contributed by atoms with Crippen molar-refractivity contribution in [2.75, 3.05) is 0 Å². The number of ether oxygens (including phenoxy) is 1. The summed E-state index contributed by atoms with van der Waals surface area (Å²) in [5.74, 6) is 1.71. The highest BCUT2D eigenvalue weighted by Crippen LogP contribution is 2.12. The third-order valence-corrected chi connectivity index (χ3v) is 1.60. The molecule has 0 heterocycles. The van der Waals surface area contributed by atoms with E-state index in [1.807, 2.05) is 83.2 Å². The Balaban J connectivity index is 0. The Morgan fingerprint density at radius 3 is 2.06 bits per heavy atom. The van der Waals surface area contributed by atoms with Crippen molar-refractivity contribution in [1.82, 2.24) is 0 Å². The van der Waals surface area contributed by atoms with E-state index in [1.165, 1.54) is 0 Å². The van der Waals surface area contributed by atoms with Gasteiger partial charge in [-0.2, -0.15) is 0 Å². The van der Waals surface area contributed by atoms with E-state index in [2.05, 4.69) is 6.58 Å². The van der Waals surface area contributed by atoms with Crippen LogP contribution in [0.15, 0.2) is 67.0 Å². The highest BCUT2D eigenvalue weighted by atomic mass is 16.5. The van der Waals surface area contributed by atoms with Crippen LogP contribution in [0.3, 0.4) is 0 Å². The van der Waals surface area contributed by atoms with Crippen LogP contribution in [0.2, 0.25) is 0 Å². The van der Waals surface area contributed by atoms with Gasteiger partial charge >= 0.3 is 0 Å². The van der Waals surface area contributed by atoms with E-state index >= 15 is 0 Å². The lowest BCUT2D eigenvalue weighted by Crippen LogP contribution is -1.88. The van der Waals surface area contributed by atoms with Crippen molar-refractivity contribution in [1.29, 1.82) is 0 Å². The van der Waals surface area contributed by atoms with Crippen molar-refractivity contribution in [3.8, 4) is 5.75 Å². The van der Waals surface area contributed by atoms with Gasteiger partial charge in [0.2, 0.25) is 0 Å². The van der Waals surface area contributed by atoms with Crippen molar-refractivity contribution in [3.63, 3.8) is 0 Å². The minimum atomic E-state index is 0.855. The molecular weight excluding hydrogens is 220 g/mol. The van der Waals surface area contributed by atoms with Gasteiger partial charge in [-0.25, -0.2) is 0 Å². The molecule has 1 nitrogen and oxygen atoms in total. The highest BCUT2D eigenvalue weighted by molar-refractivity contribution is 5.24. The van der Waals surface area contributed by atoms with Crippen LogP contribution in [0, 0.1) is 0 Å². The summed E-state index contributed by atoms with van der Waals surface area (Å²) in [5, 5.41) is 0. The molecule has 0 fully saturated rings. The second kappa shape index (κ2) is 15.2. The fourth-order valence-corrected chi connectivity index (χ4v) is 0.978. The average molecular weight is 246 g/mol. The molecule has 1 heteroatoms. The molecule has 1 aromatic carbocycles. The normalized spacial score (nSPS) is 9.72. The second-order valence-corrected chi connectivity index (χ2v) is 2.81. The Morgan fingerprint density at radius 2 is 1.56 bits per heavy atom. The van der Waals surface area contributed by atoms with E-state index in [1.54, 1.807) is 6.08 Å². The first kappa shape index (κ1) is 18.6. The lowest BCUT2D eigenvalue weighted by molar-refractivity contribution is 0.428. The first-order valence-corrected chi connectivity index (χ1v) is 6.52. The summed E-state index contributed by atoms with van der Waals surface area (Å²) in [7, 11) is 0. The summed E-state index contributed by atoms with van der Waals surface area (Å²) in [5.41, 5.74) is 0. The molecule has 0 aliphatic carbocycles. The van der Waals surface area contributed by atoms with Crippen molar-refractivity contribution in [3.05, 3.63) is 67.0 Å². The lowest BCUT2D eigenvalue weighted by Gasteiger charge is -2.03. The van der Waals surface area contributed by atoms with Gasteiger partial charge in [0.25, 0.3) is 0 Å². The van der Waals surface area contributed by atoms with Crippen molar-refractivity contribution in [2.24, 2.45) is 0 Å². The molecule has 0 saturated heterocycles. The van der Waals surface area contributed by atoms with E-state index in [-0.39, 0.29) is 0 Å². The van der Waals surface area contributed by atoms with E-state index in [0.717, 1.165) is 11.5 Å². The summed E-state index contributed by atoms with van der Waals surface area (Å²) in [6.45, 7) is 13.5. The topological polar surface area (TPSA) is 9.23 Å². The van der Waals surface area contributed by atoms with Gasteiger partial charge in [0.1, 0.15) is 11.5 Å². The number of hydrogen-bond donors (Lipinski definition) is 0. The molecule has 0 N–H and O–H groups in total. The maximum absolute atomic E-state index is 5.54. The Kier molecular flexibility index (Phi) is 15.7. The average Bonchev–Trinajstić information content (AvgIpc) is 2.45. The molecule has 0 aromatic heterocycles. The van der Waals surface area contributed by atoms with Crippen molar-refractivity contribution in [2.45, 2.75) is 34.6 Å². The molecule has 0 bridgehead atoms. The van der Waals surface area contributed by atoms with E-state index in [0.29, 0.717) is 0 Å². The van der Waals surface area contributed by atoms with Gasteiger partial charge in [-0.3, -0.25) is 0 Å². The van der Waals surface area contributed by atoms with Crippen LogP contribution in [0.1, 0.15) is 34.6 Å². The second-order valence-electron chi connectivity index (χ2n) is 2.81. The zero-order valence-corrected chi connectivity index (χ0v) is 12.3. The number of rotatable bonds is 4. The van der Waals surface area contributed by atoms with Gasteiger partial charge in [-0.05, 0) is 25.1 Å². The summed E-state index contributed by atoms with van der Waals surface area (Å²) >= 11 is 0. The molecule has 0 aliphatic rings. The first-order valence-electron chi connectivity index (χ1n) is 6.52. The lowest BCUT2D eigenvalue weighted by atomic mass is 10.3. The predicted molar refractivity (Wildman–Crippen MR) is 82.9 cm³/mol. The predicted octanol–water partition coefficient (Wildman–Crippen LogP) is 5.76. The van der Waals surface area contributed by atoms with Crippen molar-refractivity contribution >= 4 is 0 Å². The fraction of sp³-hybridized carbons (Fsp3) is 0.294. The third kappa shape index (κ3) is 10.7. The summed E-state index contributed by atoms with van der Waals surface area (Å²) in [6, 6.07) is 9.71. The van der Waals surface area contributed by atoms with Gasteiger partial charge in [-0.1, -0.05) is 70.7 Å². The zero-order chi connectivity index (χ0) is 14.2. The zero-order valence-electron chi connectivity index (χ0n) is 12.3. The Bertz CT molecular complexity index is 334. The molecule has 0 saturated carbocycles. The monoisotopic (exact) mass is 246 g/mol. The molecule has 1 rings (SSSR count). The molecule has 0 amide bonds. The van der Waals surface area contributed by atoms with Crippen LogP contribution in [0.4, 0.5) is 0 Å². The molecule has 0 spiro atoms. The van der Waals surface area contributed by atoms with Gasteiger partial charge in [0.05, 0.1) is 0 Å². The molecule has 18 heavy (non-hydrogen) atoms. The minimum Gasteiger partial charge on any atom is -0.462 e. The van der Waals surface area contributed by atoms with Crippen LogP contribution < -0.4 is 4.74 Å². The Labute approximate surface area is 113 Å². The molecule has 0 unspecified atom stereocenters. The SMILES string of the molecule is C=C/C=C\C=C(/C)Oc1ccccc1.CC.CC. The fourth-order valence-electron chi connectivity index (χ4n) is 0.978. The standard InChI is InChI=1S/C13H14O.2C2H6/c1-3-4-6-9-12(2)14-13-10-7-5-8-11-13;2*1-2/h3-11H,1H2,2H3;2*1-2H3/b6-4-,12-9+;;. The summed E-state index contributed by atoms with van der Waals surface area (Å²) < 4.78 is 5.54. The van der Waals surface area contributed by atoms with Crippen LogP contribution in [-0.4, -0.2) is 0 Å². The van der Waals surface area contributed by atoms with Crippen LogP contribution in [0.5, 0.6) is 5.75 Å². The van der Waals surface area contributed by atoms with Gasteiger partial charge < -0.3 is 4.74 Å². The molecular formula is C17H26O. The molecule has 100 valence electrons. The number of benzene rings is 1. The maximum Gasteiger partial charge on any atom is 0.126 e. The number of allylic oxidation sites excluding steroid dienone is 5. The Morgan fingerprint density at radius 1 is 1.00 bits per heavy atom. The third-order valence-electron chi connectivity index (χ3n) is 1.60. The molecule has 1 aromatic rings.